The van der Waals surface area contributed by atoms with Crippen molar-refractivity contribution in [1.29, 1.82) is 0 Å². The first-order valence-corrected chi connectivity index (χ1v) is 7.57. The van der Waals surface area contributed by atoms with E-state index in [0.717, 1.165) is 24.2 Å². The van der Waals surface area contributed by atoms with Crippen molar-refractivity contribution in [1.82, 2.24) is 15.3 Å². The number of rotatable bonds is 2. The third-order valence-electron chi connectivity index (χ3n) is 3.64. The molecule has 22 heavy (non-hydrogen) atoms. The van der Waals surface area contributed by atoms with Crippen LogP contribution in [0.2, 0.25) is 5.02 Å². The number of carbonyl (C=O) groups excluding carboxylic acids is 2. The molecule has 0 aromatic heterocycles. The smallest absolute Gasteiger partial charge is 0.316 e. The fourth-order valence-electron chi connectivity index (χ4n) is 2.36. The van der Waals surface area contributed by atoms with Crippen LogP contribution in [0.1, 0.15) is 11.1 Å². The van der Waals surface area contributed by atoms with Crippen molar-refractivity contribution in [2.75, 3.05) is 38.5 Å². The number of hydrazine groups is 1. The van der Waals surface area contributed by atoms with Crippen LogP contribution in [0.3, 0.4) is 0 Å². The minimum atomic E-state index is -0.715. The number of amides is 2. The van der Waals surface area contributed by atoms with Crippen molar-refractivity contribution >= 4 is 29.1 Å². The van der Waals surface area contributed by atoms with Gasteiger partial charge in [0, 0.05) is 26.2 Å². The summed E-state index contributed by atoms with van der Waals surface area (Å²) in [5.41, 5.74) is 4.93. The summed E-state index contributed by atoms with van der Waals surface area (Å²) in [6.07, 6.45) is 0. The third kappa shape index (κ3) is 4.19. The van der Waals surface area contributed by atoms with E-state index in [2.05, 4.69) is 15.6 Å². The monoisotopic (exact) mass is 324 g/mol. The third-order valence-corrected chi connectivity index (χ3v) is 3.94. The van der Waals surface area contributed by atoms with Crippen molar-refractivity contribution in [2.45, 2.75) is 13.8 Å². The fourth-order valence-corrected chi connectivity index (χ4v) is 2.73. The van der Waals surface area contributed by atoms with Gasteiger partial charge in [0.2, 0.25) is 0 Å². The Balaban J connectivity index is 1.96. The Hall–Kier alpha value is -1.63. The molecule has 6 nitrogen and oxygen atoms in total. The van der Waals surface area contributed by atoms with Gasteiger partial charge in [0.05, 0.1) is 10.7 Å². The molecular formula is C15H21ClN4O2. The largest absolute Gasteiger partial charge is 0.323 e. The van der Waals surface area contributed by atoms with E-state index in [9.17, 15) is 9.59 Å². The second-order valence-corrected chi connectivity index (χ2v) is 6.03. The molecule has 2 rings (SSSR count). The lowest BCUT2D eigenvalue weighted by atomic mass is 10.1. The standard InChI is InChI=1S/C15H21ClN4O2/c1-10-8-11(2)13(12(16)9-10)17-14(21)15(22)18-20-6-4-19(3)5-7-20/h8-9H,4-7H2,1-3H3,(H,17,21)(H,18,22). The lowest BCUT2D eigenvalue weighted by molar-refractivity contribution is -0.139. The highest BCUT2D eigenvalue weighted by molar-refractivity contribution is 6.41. The van der Waals surface area contributed by atoms with E-state index in [0.29, 0.717) is 23.8 Å². The molecule has 0 spiro atoms. The van der Waals surface area contributed by atoms with E-state index in [1.165, 1.54) is 0 Å². The van der Waals surface area contributed by atoms with Gasteiger partial charge in [-0.2, -0.15) is 0 Å². The highest BCUT2D eigenvalue weighted by Crippen LogP contribution is 2.27. The molecule has 1 aromatic carbocycles. The maximum atomic E-state index is 12.0. The van der Waals surface area contributed by atoms with E-state index in [4.69, 9.17) is 11.6 Å². The molecule has 1 aliphatic rings. The Morgan fingerprint density at radius 1 is 1.09 bits per heavy atom. The van der Waals surface area contributed by atoms with Crippen molar-refractivity contribution in [3.05, 3.63) is 28.3 Å². The Morgan fingerprint density at radius 3 is 2.32 bits per heavy atom. The topological polar surface area (TPSA) is 64.7 Å². The van der Waals surface area contributed by atoms with Crippen LogP contribution in [0.15, 0.2) is 12.1 Å². The van der Waals surface area contributed by atoms with Crippen LogP contribution in [-0.4, -0.2) is 54.9 Å². The van der Waals surface area contributed by atoms with Crippen LogP contribution in [0.25, 0.3) is 0 Å². The van der Waals surface area contributed by atoms with Crippen LogP contribution in [0.4, 0.5) is 5.69 Å². The zero-order chi connectivity index (χ0) is 16.3. The number of halogens is 1. The number of piperazine rings is 1. The predicted octanol–water partition coefficient (Wildman–Crippen LogP) is 1.17. The normalized spacial score (nSPS) is 16.4. The molecule has 0 unspecified atom stereocenters. The van der Waals surface area contributed by atoms with Gasteiger partial charge in [0.15, 0.2) is 0 Å². The summed E-state index contributed by atoms with van der Waals surface area (Å²) in [6, 6.07) is 3.66. The van der Waals surface area contributed by atoms with Gasteiger partial charge in [0.25, 0.3) is 0 Å². The van der Waals surface area contributed by atoms with Crippen LogP contribution < -0.4 is 10.7 Å². The van der Waals surface area contributed by atoms with Gasteiger partial charge in [-0.3, -0.25) is 15.0 Å². The summed E-state index contributed by atoms with van der Waals surface area (Å²) < 4.78 is 0. The fraction of sp³-hybridized carbons (Fsp3) is 0.467. The van der Waals surface area contributed by atoms with E-state index in [1.54, 1.807) is 11.1 Å². The number of hydrogen-bond donors (Lipinski definition) is 2. The van der Waals surface area contributed by atoms with Crippen LogP contribution in [-0.2, 0) is 9.59 Å². The maximum Gasteiger partial charge on any atom is 0.323 e. The van der Waals surface area contributed by atoms with Crippen LogP contribution in [0.5, 0.6) is 0 Å². The van der Waals surface area contributed by atoms with Crippen LogP contribution in [0, 0.1) is 13.8 Å². The van der Waals surface area contributed by atoms with Crippen LogP contribution >= 0.6 is 11.6 Å². The molecule has 0 bridgehead atoms. The van der Waals surface area contributed by atoms with Gasteiger partial charge in [-0.1, -0.05) is 17.7 Å². The summed E-state index contributed by atoms with van der Waals surface area (Å²) >= 11 is 6.13. The van der Waals surface area contributed by atoms with Gasteiger partial charge in [-0.05, 0) is 38.1 Å². The summed E-state index contributed by atoms with van der Waals surface area (Å²) in [4.78, 5) is 26.2. The molecule has 1 heterocycles. The Labute approximate surface area is 135 Å². The lowest BCUT2D eigenvalue weighted by Gasteiger charge is -2.32. The molecule has 1 aromatic rings. The molecule has 2 N–H and O–H groups in total. The second-order valence-electron chi connectivity index (χ2n) is 5.62. The lowest BCUT2D eigenvalue weighted by Crippen LogP contribution is -2.54. The number of anilines is 1. The Kier molecular flexibility index (Phi) is 5.39. The number of benzene rings is 1. The number of likely N-dealkylation sites (N-methyl/N-ethyl adjacent to an activating group) is 1. The molecule has 1 fully saturated rings. The molecule has 0 atom stereocenters. The number of aryl methyl sites for hydroxylation is 2. The minimum absolute atomic E-state index is 0.429. The maximum absolute atomic E-state index is 12.0. The molecule has 2 amide bonds. The molecular weight excluding hydrogens is 304 g/mol. The first-order chi connectivity index (χ1) is 10.4. The van der Waals surface area contributed by atoms with Crippen molar-refractivity contribution < 1.29 is 9.59 Å². The number of hydrogen-bond acceptors (Lipinski definition) is 4. The number of nitrogens with one attached hydrogen (secondary N) is 2. The van der Waals surface area contributed by atoms with Gasteiger partial charge in [-0.25, -0.2) is 5.01 Å². The number of nitrogens with zero attached hydrogens (tertiary/aromatic N) is 2. The van der Waals surface area contributed by atoms with Crippen molar-refractivity contribution in [3.63, 3.8) is 0 Å². The molecule has 1 saturated heterocycles. The zero-order valence-corrected chi connectivity index (χ0v) is 13.8. The molecule has 0 saturated carbocycles. The molecule has 1 aliphatic heterocycles. The highest BCUT2D eigenvalue weighted by atomic mass is 35.5. The summed E-state index contributed by atoms with van der Waals surface area (Å²) in [7, 11) is 2.02. The first kappa shape index (κ1) is 16.7. The van der Waals surface area contributed by atoms with Gasteiger partial charge in [-0.15, -0.1) is 0 Å². The van der Waals surface area contributed by atoms with E-state index in [-0.39, 0.29) is 0 Å². The SMILES string of the molecule is Cc1cc(C)c(NC(=O)C(=O)NN2CCN(C)CC2)c(Cl)c1. The first-order valence-electron chi connectivity index (χ1n) is 7.19. The average Bonchev–Trinajstić information content (AvgIpc) is 2.45. The molecule has 0 radical (unpaired) electrons. The highest BCUT2D eigenvalue weighted by Gasteiger charge is 2.21. The molecule has 7 heteroatoms. The minimum Gasteiger partial charge on any atom is -0.316 e. The van der Waals surface area contributed by atoms with Gasteiger partial charge < -0.3 is 10.2 Å². The molecule has 0 aliphatic carbocycles. The number of carbonyl (C=O) groups is 2. The summed E-state index contributed by atoms with van der Waals surface area (Å²) in [5.74, 6) is -1.40. The second kappa shape index (κ2) is 7.09. The average molecular weight is 325 g/mol. The summed E-state index contributed by atoms with van der Waals surface area (Å²) in [6.45, 7) is 6.85. The Bertz CT molecular complexity index is 560. The van der Waals surface area contributed by atoms with E-state index >= 15 is 0 Å². The van der Waals surface area contributed by atoms with E-state index in [1.807, 2.05) is 27.0 Å². The van der Waals surface area contributed by atoms with Gasteiger partial charge >= 0.3 is 11.8 Å². The van der Waals surface area contributed by atoms with Gasteiger partial charge in [0.1, 0.15) is 0 Å². The quantitative estimate of drug-likeness (QED) is 0.802. The summed E-state index contributed by atoms with van der Waals surface area (Å²) in [5, 5.41) is 4.77. The van der Waals surface area contributed by atoms with Crippen molar-refractivity contribution in [3.8, 4) is 0 Å². The molecule has 120 valence electrons. The van der Waals surface area contributed by atoms with Crippen molar-refractivity contribution in [2.24, 2.45) is 0 Å². The zero-order valence-electron chi connectivity index (χ0n) is 13.1. The predicted molar refractivity (Wildman–Crippen MR) is 86.8 cm³/mol. The Morgan fingerprint density at radius 2 is 1.73 bits per heavy atom. The van der Waals surface area contributed by atoms with E-state index < -0.39 is 11.8 Å².